The number of ether oxygens (including phenoxy) is 4. The number of methoxy groups -OCH3 is 2. The van der Waals surface area contributed by atoms with E-state index in [9.17, 15) is 9.59 Å². The van der Waals surface area contributed by atoms with Crippen molar-refractivity contribution in [1.82, 2.24) is 15.1 Å². The minimum atomic E-state index is -0.598. The summed E-state index contributed by atoms with van der Waals surface area (Å²) in [7, 11) is 3.14. The molecule has 3 aliphatic heterocycles. The summed E-state index contributed by atoms with van der Waals surface area (Å²) in [6, 6.07) is 4.95. The normalized spacial score (nSPS) is 19.7. The molecule has 0 radical (unpaired) electrons. The van der Waals surface area contributed by atoms with Crippen LogP contribution in [0.2, 0.25) is 0 Å². The molecular weight excluding hydrogens is 496 g/mol. The second kappa shape index (κ2) is 12.5. The second-order valence-electron chi connectivity index (χ2n) is 8.68. The van der Waals surface area contributed by atoms with E-state index in [1.165, 1.54) is 11.8 Å². The van der Waals surface area contributed by atoms with Crippen LogP contribution in [0.3, 0.4) is 0 Å². The van der Waals surface area contributed by atoms with Gasteiger partial charge in [0.1, 0.15) is 0 Å². The summed E-state index contributed by atoms with van der Waals surface area (Å²) in [6.07, 6.45) is 0.146. The number of thioether (sulfide) groups is 1. The molecule has 1 atom stereocenters. The zero-order valence-corrected chi connectivity index (χ0v) is 22.6. The standard InChI is InChI=1S/C26H34N4O6S/c1-5-36-25(32)22-17(2)28-26-30(23(22)19-7-6-8-20(33-3)24(19)34-4)18(16-37-26)15-21(31)27-9-10-29-11-13-35-14-12-29/h6-8,16,23H,5,9-15H2,1-4H3,(H,27,31)/t23-/m0/s1. The summed E-state index contributed by atoms with van der Waals surface area (Å²) >= 11 is 1.43. The van der Waals surface area contributed by atoms with Gasteiger partial charge in [0.25, 0.3) is 0 Å². The van der Waals surface area contributed by atoms with Crippen molar-refractivity contribution in [3.63, 3.8) is 0 Å². The first-order chi connectivity index (χ1) is 18.0. The maximum atomic E-state index is 13.2. The van der Waals surface area contributed by atoms with Gasteiger partial charge in [0, 0.05) is 37.4 Å². The van der Waals surface area contributed by atoms with Crippen molar-refractivity contribution in [2.45, 2.75) is 26.3 Å². The molecule has 1 fully saturated rings. The highest BCUT2D eigenvalue weighted by atomic mass is 32.2. The van der Waals surface area contributed by atoms with Crippen LogP contribution in [-0.2, 0) is 19.1 Å². The number of fused-ring (bicyclic) bond motifs is 1. The lowest BCUT2D eigenvalue weighted by atomic mass is 9.92. The molecule has 37 heavy (non-hydrogen) atoms. The van der Waals surface area contributed by atoms with Crippen LogP contribution in [0, 0.1) is 0 Å². The predicted octanol–water partition coefficient (Wildman–Crippen LogP) is 2.68. The van der Waals surface area contributed by atoms with E-state index >= 15 is 0 Å². The van der Waals surface area contributed by atoms with Crippen LogP contribution in [-0.4, -0.2) is 87.1 Å². The van der Waals surface area contributed by atoms with Crippen molar-refractivity contribution in [3.05, 3.63) is 46.1 Å². The van der Waals surface area contributed by atoms with Gasteiger partial charge < -0.3 is 29.2 Å². The molecule has 10 nitrogen and oxygen atoms in total. The van der Waals surface area contributed by atoms with E-state index in [-0.39, 0.29) is 18.9 Å². The molecule has 4 rings (SSSR count). The molecule has 1 saturated heterocycles. The average Bonchev–Trinajstić information content (AvgIpc) is 3.29. The summed E-state index contributed by atoms with van der Waals surface area (Å²) in [5.41, 5.74) is 2.43. The van der Waals surface area contributed by atoms with Crippen molar-refractivity contribution >= 4 is 28.8 Å². The summed E-state index contributed by atoms with van der Waals surface area (Å²) < 4.78 is 22.1. The van der Waals surface area contributed by atoms with Gasteiger partial charge in [-0.15, -0.1) is 0 Å². The minimum Gasteiger partial charge on any atom is -0.493 e. The third-order valence-corrected chi connectivity index (χ3v) is 7.31. The average molecular weight is 531 g/mol. The van der Waals surface area contributed by atoms with E-state index in [4.69, 9.17) is 23.9 Å². The highest BCUT2D eigenvalue weighted by Gasteiger charge is 2.42. The largest absolute Gasteiger partial charge is 0.493 e. The van der Waals surface area contributed by atoms with Crippen LogP contribution in [0.4, 0.5) is 0 Å². The molecule has 11 heteroatoms. The van der Waals surface area contributed by atoms with Crippen LogP contribution < -0.4 is 14.8 Å². The maximum Gasteiger partial charge on any atom is 0.338 e. The molecule has 3 aliphatic rings. The molecule has 0 unspecified atom stereocenters. The Balaban J connectivity index is 1.60. The monoisotopic (exact) mass is 530 g/mol. The number of esters is 1. The van der Waals surface area contributed by atoms with E-state index < -0.39 is 12.0 Å². The third-order valence-electron chi connectivity index (χ3n) is 6.42. The molecule has 200 valence electrons. The zero-order chi connectivity index (χ0) is 26.4. The Kier molecular flexibility index (Phi) is 9.12. The Morgan fingerprint density at radius 2 is 2.00 bits per heavy atom. The minimum absolute atomic E-state index is 0.0957. The van der Waals surface area contributed by atoms with E-state index in [1.807, 2.05) is 22.4 Å². The summed E-state index contributed by atoms with van der Waals surface area (Å²) in [5.74, 6) is 0.505. The van der Waals surface area contributed by atoms with Crippen LogP contribution in [0.25, 0.3) is 0 Å². The smallest absolute Gasteiger partial charge is 0.338 e. The number of carbonyl (C=O) groups is 2. The topological polar surface area (TPSA) is 102 Å². The van der Waals surface area contributed by atoms with Crippen molar-refractivity contribution in [2.75, 3.05) is 60.2 Å². The van der Waals surface area contributed by atoms with Gasteiger partial charge in [0.2, 0.25) is 5.91 Å². The number of amides is 1. The molecule has 1 amide bonds. The number of aliphatic imine (C=N–C) groups is 1. The molecule has 1 aromatic rings. The number of para-hydroxylation sites is 1. The first kappa shape index (κ1) is 27.0. The quantitative estimate of drug-likeness (QED) is 0.458. The van der Waals surface area contributed by atoms with Crippen LogP contribution >= 0.6 is 11.8 Å². The molecule has 3 heterocycles. The number of rotatable bonds is 10. The van der Waals surface area contributed by atoms with Gasteiger partial charge in [-0.2, -0.15) is 0 Å². The van der Waals surface area contributed by atoms with E-state index in [0.29, 0.717) is 34.5 Å². The van der Waals surface area contributed by atoms with Crippen LogP contribution in [0.15, 0.2) is 45.6 Å². The number of carbonyl (C=O) groups excluding carboxylic acids is 2. The van der Waals surface area contributed by atoms with Gasteiger partial charge in [0.05, 0.1) is 57.8 Å². The van der Waals surface area contributed by atoms with Gasteiger partial charge >= 0.3 is 5.97 Å². The Morgan fingerprint density at radius 1 is 1.22 bits per heavy atom. The van der Waals surface area contributed by atoms with Crippen molar-refractivity contribution in [2.24, 2.45) is 4.99 Å². The molecule has 0 spiro atoms. The van der Waals surface area contributed by atoms with E-state index in [0.717, 1.165) is 44.1 Å². The lowest BCUT2D eigenvalue weighted by Crippen LogP contribution is -2.42. The fourth-order valence-corrected chi connectivity index (χ4v) is 5.63. The molecule has 1 N–H and O–H groups in total. The number of amidine groups is 1. The number of morpholine rings is 1. The number of hydrogen-bond acceptors (Lipinski definition) is 10. The summed E-state index contributed by atoms with van der Waals surface area (Å²) in [5, 5.41) is 5.63. The first-order valence-electron chi connectivity index (χ1n) is 12.4. The SMILES string of the molecule is CCOC(=O)C1=C(C)N=C2SC=C(CC(=O)NCCN3CCOCC3)N2[C@H]1c1cccc(OC)c1OC. The van der Waals surface area contributed by atoms with Crippen LogP contribution in [0.1, 0.15) is 31.9 Å². The van der Waals surface area contributed by atoms with Gasteiger partial charge in [-0.05, 0) is 25.3 Å². The number of benzene rings is 1. The van der Waals surface area contributed by atoms with E-state index in [1.54, 1.807) is 34.1 Å². The summed E-state index contributed by atoms with van der Waals surface area (Å²) in [6.45, 7) is 8.32. The molecule has 0 aromatic heterocycles. The van der Waals surface area contributed by atoms with Gasteiger partial charge in [-0.25, -0.2) is 9.79 Å². The molecule has 0 bridgehead atoms. The number of nitrogens with one attached hydrogen (secondary N) is 1. The first-order valence-corrected chi connectivity index (χ1v) is 13.3. The zero-order valence-electron chi connectivity index (χ0n) is 21.7. The van der Waals surface area contributed by atoms with Crippen molar-refractivity contribution in [3.8, 4) is 11.5 Å². The van der Waals surface area contributed by atoms with Gasteiger partial charge in [0.15, 0.2) is 16.7 Å². The number of allylic oxidation sites excluding steroid dienone is 1. The Morgan fingerprint density at radius 3 is 2.70 bits per heavy atom. The maximum absolute atomic E-state index is 13.2. The molecule has 0 saturated carbocycles. The number of nitrogens with zero attached hydrogens (tertiary/aromatic N) is 3. The fraction of sp³-hybridized carbons (Fsp3) is 0.500. The van der Waals surface area contributed by atoms with Gasteiger partial charge in [-0.3, -0.25) is 9.69 Å². The van der Waals surface area contributed by atoms with Crippen molar-refractivity contribution in [1.29, 1.82) is 0 Å². The van der Waals surface area contributed by atoms with Gasteiger partial charge in [-0.1, -0.05) is 23.9 Å². The number of hydrogen-bond donors (Lipinski definition) is 1. The Bertz CT molecular complexity index is 1110. The summed E-state index contributed by atoms with van der Waals surface area (Å²) in [4.78, 5) is 35.0. The van der Waals surface area contributed by atoms with E-state index in [2.05, 4.69) is 10.2 Å². The lowest BCUT2D eigenvalue weighted by Gasteiger charge is -2.37. The lowest BCUT2D eigenvalue weighted by molar-refractivity contribution is -0.139. The highest BCUT2D eigenvalue weighted by Crippen LogP contribution is 2.48. The molecule has 1 aromatic carbocycles. The Hall–Kier alpha value is -3.02. The third kappa shape index (κ3) is 5.94. The molecule has 0 aliphatic carbocycles. The predicted molar refractivity (Wildman–Crippen MR) is 141 cm³/mol. The van der Waals surface area contributed by atoms with Crippen LogP contribution in [0.5, 0.6) is 11.5 Å². The second-order valence-corrected chi connectivity index (χ2v) is 9.51. The molecular formula is C26H34N4O6S. The van der Waals surface area contributed by atoms with Crippen molar-refractivity contribution < 1.29 is 28.5 Å². The highest BCUT2D eigenvalue weighted by molar-refractivity contribution is 8.16. The Labute approximate surface area is 221 Å². The fourth-order valence-electron chi connectivity index (χ4n) is 4.67.